The van der Waals surface area contributed by atoms with Gasteiger partial charge >= 0.3 is 5.97 Å². The molecular formula is C34H59N3O8. The second-order valence-electron chi connectivity index (χ2n) is 13.2. The molecule has 45 heavy (non-hydrogen) atoms. The van der Waals surface area contributed by atoms with Crippen LogP contribution in [0.4, 0.5) is 0 Å². The van der Waals surface area contributed by atoms with Crippen molar-refractivity contribution in [3.05, 3.63) is 29.8 Å². The van der Waals surface area contributed by atoms with E-state index in [0.717, 1.165) is 12.8 Å². The van der Waals surface area contributed by atoms with Gasteiger partial charge in [0.15, 0.2) is 0 Å². The van der Waals surface area contributed by atoms with Crippen LogP contribution in [0.5, 0.6) is 5.75 Å². The minimum Gasteiger partial charge on any atom is -0.490 e. The number of unbranched alkanes of at least 4 members (excludes halogenated alkanes) is 1. The first-order valence-corrected chi connectivity index (χ1v) is 16.2. The zero-order valence-corrected chi connectivity index (χ0v) is 28.9. The van der Waals surface area contributed by atoms with Crippen molar-refractivity contribution in [3.8, 4) is 5.75 Å². The van der Waals surface area contributed by atoms with E-state index in [1.165, 1.54) is 7.11 Å². The third-order valence-corrected chi connectivity index (χ3v) is 7.60. The van der Waals surface area contributed by atoms with Gasteiger partial charge in [0.1, 0.15) is 24.8 Å². The number of hydrogen-bond donors (Lipinski definition) is 4. The third kappa shape index (κ3) is 14.9. The number of aliphatic hydroxyl groups excluding tert-OH is 1. The molecule has 5 N–H and O–H groups in total. The molecule has 0 spiro atoms. The summed E-state index contributed by atoms with van der Waals surface area (Å²) < 4.78 is 21.6. The molecule has 0 aliphatic heterocycles. The Morgan fingerprint density at radius 3 is 2.22 bits per heavy atom. The number of amides is 2. The highest BCUT2D eigenvalue weighted by atomic mass is 16.7. The number of esters is 1. The molecule has 1 aromatic rings. The quantitative estimate of drug-likeness (QED) is 0.0878. The van der Waals surface area contributed by atoms with Gasteiger partial charge in [-0.15, -0.1) is 0 Å². The fourth-order valence-electron chi connectivity index (χ4n) is 5.01. The van der Waals surface area contributed by atoms with Crippen molar-refractivity contribution < 1.29 is 38.4 Å². The molecule has 0 heterocycles. The highest BCUT2D eigenvalue weighted by Crippen LogP contribution is 2.31. The van der Waals surface area contributed by atoms with Gasteiger partial charge in [0, 0.05) is 19.6 Å². The summed E-state index contributed by atoms with van der Waals surface area (Å²) in [6.45, 7) is 16.3. The standard InChI is InChI=1S/C34H59N3O8/c1-10-11-16-36-31(39)26(23(4)5)20-28(38)27(33(41)45-34(6,7)8)19-25(22(2)3)30(35)37-32(40)24-14-12-13-15-29(24)44-18-17-43-21-42-9/h12-15,22-23,25-28,30,38H,10-11,16-21,35H2,1-9H3,(H,36,39)(H,37,40)/t25-,26-,27-,28-,30?/m0/s1. The molecule has 0 saturated carbocycles. The van der Waals surface area contributed by atoms with E-state index in [9.17, 15) is 19.5 Å². The SMILES string of the molecule is CCCCNC(=O)[C@@H](C[C@H](O)[C@H](C[C@@H](C(C)C)C(N)NC(=O)c1ccccc1OCCOCOC)C(=O)OC(C)(C)C)C(C)C. The normalized spacial score (nSPS) is 15.2. The largest absolute Gasteiger partial charge is 0.490 e. The Balaban J connectivity index is 3.18. The number of para-hydroxylation sites is 1. The third-order valence-electron chi connectivity index (χ3n) is 7.60. The molecule has 258 valence electrons. The van der Waals surface area contributed by atoms with E-state index in [1.807, 2.05) is 34.6 Å². The summed E-state index contributed by atoms with van der Waals surface area (Å²) in [6, 6.07) is 6.82. The Kier molecular flexibility index (Phi) is 18.3. The van der Waals surface area contributed by atoms with Crippen LogP contribution in [0, 0.1) is 29.6 Å². The Morgan fingerprint density at radius 1 is 0.978 bits per heavy atom. The molecule has 11 heteroatoms. The topological polar surface area (TPSA) is 158 Å². The van der Waals surface area contributed by atoms with Gasteiger partial charge < -0.3 is 40.4 Å². The van der Waals surface area contributed by atoms with Gasteiger partial charge in [-0.1, -0.05) is 53.2 Å². The molecule has 0 radical (unpaired) electrons. The van der Waals surface area contributed by atoms with Gasteiger partial charge in [0.2, 0.25) is 5.91 Å². The average Bonchev–Trinajstić information content (AvgIpc) is 2.94. The van der Waals surface area contributed by atoms with Crippen LogP contribution in [0.3, 0.4) is 0 Å². The van der Waals surface area contributed by atoms with E-state index in [2.05, 4.69) is 10.6 Å². The second kappa shape index (κ2) is 20.4. The maximum atomic E-state index is 13.5. The lowest BCUT2D eigenvalue weighted by atomic mass is 9.78. The van der Waals surface area contributed by atoms with Crippen LogP contribution in [0.15, 0.2) is 24.3 Å². The minimum atomic E-state index is -1.16. The molecule has 1 rings (SSSR count). The Labute approximate surface area is 270 Å². The van der Waals surface area contributed by atoms with E-state index in [1.54, 1.807) is 45.0 Å². The van der Waals surface area contributed by atoms with E-state index in [4.69, 9.17) is 24.7 Å². The number of ether oxygens (including phenoxy) is 4. The van der Waals surface area contributed by atoms with Crippen LogP contribution in [0.2, 0.25) is 0 Å². The summed E-state index contributed by atoms with van der Waals surface area (Å²) in [7, 11) is 1.53. The summed E-state index contributed by atoms with van der Waals surface area (Å²) in [5.74, 6) is -2.76. The molecule has 2 amide bonds. The van der Waals surface area contributed by atoms with Crippen molar-refractivity contribution in [2.45, 2.75) is 98.9 Å². The van der Waals surface area contributed by atoms with E-state index < -0.39 is 47.5 Å². The predicted molar refractivity (Wildman–Crippen MR) is 174 cm³/mol. The van der Waals surface area contributed by atoms with Gasteiger partial charge in [0.25, 0.3) is 5.91 Å². The molecule has 1 unspecified atom stereocenters. The fourth-order valence-corrected chi connectivity index (χ4v) is 5.01. The van der Waals surface area contributed by atoms with Crippen molar-refractivity contribution >= 4 is 17.8 Å². The van der Waals surface area contributed by atoms with Gasteiger partial charge in [-0.25, -0.2) is 0 Å². The number of carbonyl (C=O) groups excluding carboxylic acids is 3. The van der Waals surface area contributed by atoms with Crippen LogP contribution >= 0.6 is 0 Å². The van der Waals surface area contributed by atoms with E-state index in [-0.39, 0.29) is 50.6 Å². The average molecular weight is 638 g/mol. The Morgan fingerprint density at radius 2 is 1.64 bits per heavy atom. The summed E-state index contributed by atoms with van der Waals surface area (Å²) in [6.07, 6.45) is 0.0237. The van der Waals surface area contributed by atoms with E-state index in [0.29, 0.717) is 17.9 Å². The Bertz CT molecular complexity index is 1030. The van der Waals surface area contributed by atoms with Crippen LogP contribution in [-0.4, -0.2) is 74.4 Å². The molecule has 0 bridgehead atoms. The summed E-state index contributed by atoms with van der Waals surface area (Å²) in [4.78, 5) is 39.9. The molecular weight excluding hydrogens is 578 g/mol. The molecule has 0 saturated heterocycles. The lowest BCUT2D eigenvalue weighted by Gasteiger charge is -2.34. The number of nitrogens with two attached hydrogens (primary N) is 1. The number of methoxy groups -OCH3 is 1. The Hall–Kier alpha value is -2.73. The van der Waals surface area contributed by atoms with Crippen molar-refractivity contribution in [1.29, 1.82) is 0 Å². The number of aliphatic hydroxyl groups is 1. The summed E-state index contributed by atoms with van der Waals surface area (Å²) >= 11 is 0. The van der Waals surface area contributed by atoms with Crippen LogP contribution in [-0.2, 0) is 23.8 Å². The zero-order chi connectivity index (χ0) is 34.2. The maximum Gasteiger partial charge on any atom is 0.312 e. The van der Waals surface area contributed by atoms with Crippen LogP contribution in [0.1, 0.15) is 91.4 Å². The summed E-state index contributed by atoms with van der Waals surface area (Å²) in [5, 5.41) is 17.4. The predicted octanol–water partition coefficient (Wildman–Crippen LogP) is 4.26. The molecule has 0 fully saturated rings. The minimum absolute atomic E-state index is 0.0585. The number of benzene rings is 1. The van der Waals surface area contributed by atoms with Gasteiger partial charge in [-0.3, -0.25) is 14.4 Å². The first-order chi connectivity index (χ1) is 21.1. The van der Waals surface area contributed by atoms with Crippen molar-refractivity contribution in [2.75, 3.05) is 33.7 Å². The second-order valence-corrected chi connectivity index (χ2v) is 13.2. The number of rotatable bonds is 21. The van der Waals surface area contributed by atoms with Gasteiger partial charge in [0.05, 0.1) is 30.4 Å². The lowest BCUT2D eigenvalue weighted by Crippen LogP contribution is -2.50. The molecule has 5 atom stereocenters. The highest BCUT2D eigenvalue weighted by Gasteiger charge is 2.39. The first kappa shape index (κ1) is 40.3. The van der Waals surface area contributed by atoms with Gasteiger partial charge in [-0.05, 0) is 69.9 Å². The molecule has 0 aromatic heterocycles. The van der Waals surface area contributed by atoms with Crippen molar-refractivity contribution in [2.24, 2.45) is 35.3 Å². The molecule has 11 nitrogen and oxygen atoms in total. The molecule has 1 aromatic carbocycles. The monoisotopic (exact) mass is 637 g/mol. The first-order valence-electron chi connectivity index (χ1n) is 16.2. The number of hydrogen-bond acceptors (Lipinski definition) is 9. The lowest BCUT2D eigenvalue weighted by molar-refractivity contribution is -0.166. The van der Waals surface area contributed by atoms with Crippen LogP contribution < -0.4 is 21.1 Å². The van der Waals surface area contributed by atoms with Crippen LogP contribution in [0.25, 0.3) is 0 Å². The summed E-state index contributed by atoms with van der Waals surface area (Å²) in [5.41, 5.74) is 6.12. The zero-order valence-electron chi connectivity index (χ0n) is 28.9. The van der Waals surface area contributed by atoms with E-state index >= 15 is 0 Å². The fraction of sp³-hybridized carbons (Fsp3) is 0.735. The van der Waals surface area contributed by atoms with Gasteiger partial charge in [-0.2, -0.15) is 0 Å². The van der Waals surface area contributed by atoms with Crippen molar-refractivity contribution in [3.63, 3.8) is 0 Å². The smallest absolute Gasteiger partial charge is 0.312 e. The number of carbonyl (C=O) groups is 3. The van der Waals surface area contributed by atoms with Crippen molar-refractivity contribution in [1.82, 2.24) is 10.6 Å². The highest BCUT2D eigenvalue weighted by molar-refractivity contribution is 5.97. The maximum absolute atomic E-state index is 13.5. The molecule has 0 aliphatic carbocycles. The number of nitrogens with one attached hydrogen (secondary N) is 2. The molecule has 0 aliphatic rings.